The second kappa shape index (κ2) is 22.9. The fourth-order valence-electron chi connectivity index (χ4n) is 9.29. The maximum absolute atomic E-state index is 13.0. The van der Waals surface area contributed by atoms with Crippen molar-refractivity contribution in [3.05, 3.63) is 218 Å². The third-order valence-corrected chi connectivity index (χ3v) is 15.4. The number of nitrogens with zero attached hydrogens (tertiary/aromatic N) is 3. The molecular weight excluding hydrogens is 974 g/mol. The molecule has 0 aromatic heterocycles. The molecule has 13 heteroatoms. The molecule has 1 unspecified atom stereocenters. The molecule has 366 valence electrons. The number of benzene rings is 9. The van der Waals surface area contributed by atoms with Crippen LogP contribution in [0.3, 0.4) is 0 Å². The average Bonchev–Trinajstić information content (AvgIpc) is 3.44. The maximum atomic E-state index is 13.0. The largest absolute Gasteiger partial charge is 1.00 e. The first-order valence-electron chi connectivity index (χ1n) is 23.7. The molecule has 9 aromatic rings. The molecule has 1 atom stereocenters. The van der Waals surface area contributed by atoms with Gasteiger partial charge in [0, 0.05) is 50.5 Å². The van der Waals surface area contributed by atoms with Crippen LogP contribution in [0.2, 0.25) is 0 Å². The van der Waals surface area contributed by atoms with E-state index in [0.717, 1.165) is 101 Å². The SMILES string of the molecule is COc1ccc(N(c2ccc(OC)cc2)c2ccc(-c3ccc4c(c3)N(CCC(c3ccccc3)S(=O)(=O)[O-])c3cc(-c5ccc(N(c6ccc(OC)cc6)c6ccc(OC)cc6)cc5)ccc3S4)cc2)cc1.[Na+]. The summed E-state index contributed by atoms with van der Waals surface area (Å²) in [6, 6.07) is 70.4. The van der Waals surface area contributed by atoms with Gasteiger partial charge in [-0.25, -0.2) is 8.42 Å². The summed E-state index contributed by atoms with van der Waals surface area (Å²) in [7, 11) is 1.93. The predicted octanol–water partition coefficient (Wildman–Crippen LogP) is 12.3. The van der Waals surface area contributed by atoms with Gasteiger partial charge < -0.3 is 38.2 Å². The third-order valence-electron chi connectivity index (χ3n) is 13.1. The predicted molar refractivity (Wildman–Crippen MR) is 294 cm³/mol. The van der Waals surface area contributed by atoms with Crippen LogP contribution in [0.1, 0.15) is 17.2 Å². The van der Waals surface area contributed by atoms with Crippen LogP contribution in [-0.2, 0) is 10.1 Å². The Morgan fingerprint density at radius 1 is 0.446 bits per heavy atom. The van der Waals surface area contributed by atoms with E-state index in [2.05, 4.69) is 99.6 Å². The van der Waals surface area contributed by atoms with Crippen LogP contribution in [-0.4, -0.2) is 48.0 Å². The standard InChI is InChI=1S/C61H53N3O7S2.Na/c1-68-53-28-20-49(21-29-53)63(50-22-30-54(69-2)31-23-50)47-16-10-42(11-17-47)45-14-36-59-57(40-45)62(39-38-61(73(65,66)67)44-8-6-5-7-9-44)58-41-46(15-37-60(58)72-59)43-12-18-48(19-13-43)64(51-24-32-55(70-3)33-25-51)52-26-34-56(71-4)35-27-52;/h5-37,40-41,61H,38-39H2,1-4H3,(H,65,66,67);/q;+1/p-1. The summed E-state index contributed by atoms with van der Waals surface area (Å²) in [6.07, 6.45) is 0.0797. The summed E-state index contributed by atoms with van der Waals surface area (Å²) in [5.41, 5.74) is 12.1. The van der Waals surface area contributed by atoms with Gasteiger partial charge in [0.05, 0.1) is 45.1 Å². The minimum absolute atomic E-state index is 0. The van der Waals surface area contributed by atoms with Crippen molar-refractivity contribution in [2.75, 3.05) is 49.7 Å². The Balaban J connectivity index is 0.00000672. The van der Waals surface area contributed by atoms with Gasteiger partial charge in [0.1, 0.15) is 33.1 Å². The minimum atomic E-state index is -4.71. The number of hydrogen-bond donors (Lipinski definition) is 0. The summed E-state index contributed by atoms with van der Waals surface area (Å²) < 4.78 is 60.9. The monoisotopic (exact) mass is 1030 g/mol. The number of methoxy groups -OCH3 is 4. The molecule has 0 radical (unpaired) electrons. The summed E-state index contributed by atoms with van der Waals surface area (Å²) in [4.78, 5) is 8.59. The number of ether oxygens (including phenoxy) is 4. The molecule has 10 nitrogen and oxygen atoms in total. The molecule has 0 saturated carbocycles. The molecule has 1 heterocycles. The summed E-state index contributed by atoms with van der Waals surface area (Å²) in [5, 5.41) is -1.24. The zero-order valence-electron chi connectivity index (χ0n) is 41.7. The Morgan fingerprint density at radius 3 is 1.07 bits per heavy atom. The van der Waals surface area contributed by atoms with Gasteiger partial charge in [0.25, 0.3) is 0 Å². The Bertz CT molecular complexity index is 3150. The van der Waals surface area contributed by atoms with Crippen LogP contribution in [0, 0.1) is 0 Å². The first-order valence-corrected chi connectivity index (χ1v) is 26.0. The van der Waals surface area contributed by atoms with E-state index >= 15 is 0 Å². The van der Waals surface area contributed by atoms with Crippen LogP contribution < -0.4 is 63.2 Å². The Hall–Kier alpha value is -7.16. The van der Waals surface area contributed by atoms with Gasteiger partial charge in [-0.1, -0.05) is 78.5 Å². The van der Waals surface area contributed by atoms with Crippen molar-refractivity contribution in [3.63, 3.8) is 0 Å². The van der Waals surface area contributed by atoms with E-state index in [1.165, 1.54) is 0 Å². The molecule has 0 amide bonds. The molecular formula is C61H52N3NaO7S2. The van der Waals surface area contributed by atoms with E-state index in [1.807, 2.05) is 103 Å². The van der Waals surface area contributed by atoms with Crippen molar-refractivity contribution in [2.45, 2.75) is 21.5 Å². The Labute approximate surface area is 459 Å². The second-order valence-corrected chi connectivity index (χ2v) is 20.0. The van der Waals surface area contributed by atoms with Gasteiger partial charge in [-0.15, -0.1) is 0 Å². The van der Waals surface area contributed by atoms with Crippen molar-refractivity contribution in [1.29, 1.82) is 0 Å². The summed E-state index contributed by atoms with van der Waals surface area (Å²) in [6.45, 7) is 0.268. The summed E-state index contributed by atoms with van der Waals surface area (Å²) in [5.74, 6) is 3.08. The molecule has 10 rings (SSSR count). The van der Waals surface area contributed by atoms with Gasteiger partial charge in [0.2, 0.25) is 0 Å². The van der Waals surface area contributed by atoms with E-state index in [4.69, 9.17) is 18.9 Å². The van der Waals surface area contributed by atoms with Crippen LogP contribution >= 0.6 is 11.8 Å². The van der Waals surface area contributed by atoms with Crippen molar-refractivity contribution < 1.29 is 61.5 Å². The van der Waals surface area contributed by atoms with Crippen LogP contribution in [0.25, 0.3) is 22.3 Å². The molecule has 1 aliphatic heterocycles. The molecule has 0 N–H and O–H groups in total. The smallest absolute Gasteiger partial charge is 0.747 e. The van der Waals surface area contributed by atoms with Crippen LogP contribution in [0.5, 0.6) is 23.0 Å². The normalized spacial score (nSPS) is 12.1. The van der Waals surface area contributed by atoms with Crippen LogP contribution in [0.15, 0.2) is 222 Å². The third kappa shape index (κ3) is 11.2. The van der Waals surface area contributed by atoms with Gasteiger partial charge in [-0.3, -0.25) is 0 Å². The Morgan fingerprint density at radius 2 is 0.757 bits per heavy atom. The molecule has 0 bridgehead atoms. The minimum Gasteiger partial charge on any atom is -0.747 e. The molecule has 0 spiro atoms. The first-order chi connectivity index (χ1) is 35.6. The van der Waals surface area contributed by atoms with Crippen molar-refractivity contribution in [3.8, 4) is 45.3 Å². The quantitative estimate of drug-likeness (QED) is 0.0643. The van der Waals surface area contributed by atoms with E-state index in [0.29, 0.717) is 5.56 Å². The van der Waals surface area contributed by atoms with E-state index in [-0.39, 0.29) is 42.5 Å². The van der Waals surface area contributed by atoms with Crippen LogP contribution in [0.4, 0.5) is 45.5 Å². The number of hydrogen-bond acceptors (Lipinski definition) is 11. The first kappa shape index (κ1) is 51.7. The zero-order valence-corrected chi connectivity index (χ0v) is 45.3. The second-order valence-electron chi connectivity index (χ2n) is 17.4. The number of fused-ring (bicyclic) bond motifs is 2. The van der Waals surface area contributed by atoms with Gasteiger partial charge in [-0.05, 0) is 180 Å². The maximum Gasteiger partial charge on any atom is 1.00 e. The summed E-state index contributed by atoms with van der Waals surface area (Å²) >= 11 is 1.67. The van der Waals surface area contributed by atoms with Gasteiger partial charge in [-0.2, -0.15) is 0 Å². The molecule has 0 fully saturated rings. The molecule has 1 aliphatic rings. The zero-order chi connectivity index (χ0) is 50.5. The van der Waals surface area contributed by atoms with Crippen molar-refractivity contribution >= 4 is 67.4 Å². The molecule has 0 aliphatic carbocycles. The van der Waals surface area contributed by atoms with Gasteiger partial charge >= 0.3 is 29.6 Å². The van der Waals surface area contributed by atoms with E-state index < -0.39 is 15.4 Å². The fraction of sp³-hybridized carbons (Fsp3) is 0.115. The molecule has 74 heavy (non-hydrogen) atoms. The number of anilines is 8. The van der Waals surface area contributed by atoms with E-state index in [9.17, 15) is 13.0 Å². The average molecular weight is 1030 g/mol. The number of rotatable bonds is 17. The Kier molecular flexibility index (Phi) is 16.0. The van der Waals surface area contributed by atoms with Gasteiger partial charge in [0.15, 0.2) is 0 Å². The fourth-order valence-corrected chi connectivity index (χ4v) is 11.2. The van der Waals surface area contributed by atoms with Crippen molar-refractivity contribution in [1.82, 2.24) is 0 Å². The van der Waals surface area contributed by atoms with E-state index in [1.54, 1.807) is 64.5 Å². The topological polar surface area (TPSA) is 104 Å². The molecule has 9 aromatic carbocycles. The molecule has 0 saturated heterocycles. The van der Waals surface area contributed by atoms with Crippen molar-refractivity contribution in [2.24, 2.45) is 0 Å².